The van der Waals surface area contributed by atoms with E-state index in [1.54, 1.807) is 7.11 Å². The van der Waals surface area contributed by atoms with Crippen molar-refractivity contribution >= 4 is 5.91 Å². The summed E-state index contributed by atoms with van der Waals surface area (Å²) in [7, 11) is 5.73. The van der Waals surface area contributed by atoms with Crippen molar-refractivity contribution < 1.29 is 9.53 Å². The molecule has 1 N–H and O–H groups in total. The molecule has 1 amide bonds. The predicted molar refractivity (Wildman–Crippen MR) is 92.4 cm³/mol. The zero-order valence-electron chi connectivity index (χ0n) is 14.0. The normalized spacial score (nSPS) is 10.6. The van der Waals surface area contributed by atoms with E-state index in [-0.39, 0.29) is 5.91 Å². The number of carbonyl (C=O) groups is 1. The fourth-order valence-electron chi connectivity index (χ4n) is 2.32. The molecule has 0 heterocycles. The van der Waals surface area contributed by atoms with E-state index in [1.807, 2.05) is 38.4 Å². The van der Waals surface area contributed by atoms with Gasteiger partial charge in [0.2, 0.25) is 5.91 Å². The van der Waals surface area contributed by atoms with E-state index in [0.29, 0.717) is 13.0 Å². The molecular weight excluding hydrogens is 288 g/mol. The molecule has 0 aliphatic rings. The number of carbonyl (C=O) groups excluding carboxylic acids is 1. The van der Waals surface area contributed by atoms with Crippen LogP contribution in [0.1, 0.15) is 16.7 Å². The Labute approximate surface area is 138 Å². The van der Waals surface area contributed by atoms with Crippen molar-refractivity contribution in [1.82, 2.24) is 10.2 Å². The first kappa shape index (κ1) is 17.0. The zero-order chi connectivity index (χ0) is 16.7. The van der Waals surface area contributed by atoms with Crippen LogP contribution < -0.4 is 10.1 Å². The Morgan fingerprint density at radius 1 is 0.957 bits per heavy atom. The molecule has 0 fully saturated rings. The van der Waals surface area contributed by atoms with E-state index in [2.05, 4.69) is 34.5 Å². The molecule has 23 heavy (non-hydrogen) atoms. The van der Waals surface area contributed by atoms with Crippen LogP contribution in [0, 0.1) is 0 Å². The summed E-state index contributed by atoms with van der Waals surface area (Å²) in [6.07, 6.45) is 0.378. The Hall–Kier alpha value is -2.33. The number of hydrogen-bond donors (Lipinski definition) is 1. The van der Waals surface area contributed by atoms with Crippen molar-refractivity contribution in [3.05, 3.63) is 65.2 Å². The molecule has 2 rings (SSSR count). The van der Waals surface area contributed by atoms with Gasteiger partial charge in [-0.2, -0.15) is 0 Å². The van der Waals surface area contributed by atoms with Gasteiger partial charge in [0.15, 0.2) is 0 Å². The van der Waals surface area contributed by atoms with Crippen LogP contribution in [0.2, 0.25) is 0 Å². The predicted octanol–water partition coefficient (Wildman–Crippen LogP) is 2.62. The largest absolute Gasteiger partial charge is 0.497 e. The molecule has 2 aromatic rings. The monoisotopic (exact) mass is 312 g/mol. The van der Waals surface area contributed by atoms with Gasteiger partial charge < -0.3 is 15.0 Å². The highest BCUT2D eigenvalue weighted by atomic mass is 16.5. The Morgan fingerprint density at radius 3 is 2.09 bits per heavy atom. The molecule has 0 unspecified atom stereocenters. The summed E-state index contributed by atoms with van der Waals surface area (Å²) >= 11 is 0. The van der Waals surface area contributed by atoms with Crippen LogP contribution in [0.3, 0.4) is 0 Å². The third kappa shape index (κ3) is 5.75. The summed E-state index contributed by atoms with van der Waals surface area (Å²) < 4.78 is 5.11. The second kappa shape index (κ2) is 8.34. The maximum Gasteiger partial charge on any atom is 0.224 e. The van der Waals surface area contributed by atoms with Gasteiger partial charge in [-0.3, -0.25) is 4.79 Å². The standard InChI is InChI=1S/C19H24N2O2/c1-21(2)14-17-6-4-16(5-7-17)13-20-19(22)12-15-8-10-18(23-3)11-9-15/h4-11H,12-14H2,1-3H3,(H,20,22). The van der Waals surface area contributed by atoms with Crippen molar-refractivity contribution in [3.63, 3.8) is 0 Å². The highest BCUT2D eigenvalue weighted by Crippen LogP contribution is 2.12. The molecule has 0 bridgehead atoms. The summed E-state index contributed by atoms with van der Waals surface area (Å²) in [5.74, 6) is 0.819. The molecule has 0 spiro atoms. The van der Waals surface area contributed by atoms with Crippen LogP contribution in [0.25, 0.3) is 0 Å². The molecule has 4 nitrogen and oxygen atoms in total. The molecule has 2 aromatic carbocycles. The lowest BCUT2D eigenvalue weighted by molar-refractivity contribution is -0.120. The Bertz CT molecular complexity index is 619. The number of hydrogen-bond acceptors (Lipinski definition) is 3. The number of methoxy groups -OCH3 is 1. The van der Waals surface area contributed by atoms with Gasteiger partial charge in [-0.25, -0.2) is 0 Å². The SMILES string of the molecule is COc1ccc(CC(=O)NCc2ccc(CN(C)C)cc2)cc1. The van der Waals surface area contributed by atoms with Crippen LogP contribution >= 0.6 is 0 Å². The lowest BCUT2D eigenvalue weighted by atomic mass is 10.1. The smallest absolute Gasteiger partial charge is 0.224 e. The van der Waals surface area contributed by atoms with Gasteiger partial charge in [-0.05, 0) is 42.9 Å². The van der Waals surface area contributed by atoms with Gasteiger partial charge in [-0.15, -0.1) is 0 Å². The Morgan fingerprint density at radius 2 is 1.52 bits per heavy atom. The van der Waals surface area contributed by atoms with Gasteiger partial charge in [0.1, 0.15) is 5.75 Å². The molecule has 0 aromatic heterocycles. The fourth-order valence-corrected chi connectivity index (χ4v) is 2.32. The maximum absolute atomic E-state index is 12.0. The second-order valence-electron chi connectivity index (χ2n) is 5.86. The van der Waals surface area contributed by atoms with Gasteiger partial charge in [0, 0.05) is 13.1 Å². The molecule has 4 heteroatoms. The maximum atomic E-state index is 12.0. The van der Waals surface area contributed by atoms with E-state index >= 15 is 0 Å². The minimum absolute atomic E-state index is 0.0209. The van der Waals surface area contributed by atoms with E-state index in [4.69, 9.17) is 4.74 Å². The number of rotatable bonds is 7. The molecular formula is C19H24N2O2. The molecule has 122 valence electrons. The van der Waals surface area contributed by atoms with Crippen LogP contribution in [-0.4, -0.2) is 32.0 Å². The Balaban J connectivity index is 1.81. The number of benzene rings is 2. The topological polar surface area (TPSA) is 41.6 Å². The van der Waals surface area contributed by atoms with Crippen molar-refractivity contribution in [2.75, 3.05) is 21.2 Å². The highest BCUT2D eigenvalue weighted by molar-refractivity contribution is 5.78. The first-order valence-electron chi connectivity index (χ1n) is 7.69. The number of nitrogens with zero attached hydrogens (tertiary/aromatic N) is 1. The zero-order valence-corrected chi connectivity index (χ0v) is 14.0. The summed E-state index contributed by atoms with van der Waals surface area (Å²) in [5, 5.41) is 2.96. The van der Waals surface area contributed by atoms with Crippen molar-refractivity contribution in [2.45, 2.75) is 19.5 Å². The first-order chi connectivity index (χ1) is 11.1. The fraction of sp³-hybridized carbons (Fsp3) is 0.316. The first-order valence-corrected chi connectivity index (χ1v) is 7.69. The summed E-state index contributed by atoms with van der Waals surface area (Å²) in [5.41, 5.74) is 3.35. The van der Waals surface area contributed by atoms with E-state index in [9.17, 15) is 4.79 Å². The number of ether oxygens (including phenoxy) is 1. The summed E-state index contributed by atoms with van der Waals surface area (Å²) in [6, 6.07) is 15.9. The van der Waals surface area contributed by atoms with Crippen molar-refractivity contribution in [3.8, 4) is 5.75 Å². The van der Waals surface area contributed by atoms with Crippen LogP contribution in [0.15, 0.2) is 48.5 Å². The van der Waals surface area contributed by atoms with Crippen molar-refractivity contribution in [2.24, 2.45) is 0 Å². The van der Waals surface area contributed by atoms with Gasteiger partial charge in [0.25, 0.3) is 0 Å². The Kier molecular flexibility index (Phi) is 6.18. The summed E-state index contributed by atoms with van der Waals surface area (Å²) in [6.45, 7) is 1.47. The van der Waals surface area contributed by atoms with Gasteiger partial charge in [0.05, 0.1) is 13.5 Å². The second-order valence-corrected chi connectivity index (χ2v) is 5.86. The van der Waals surface area contributed by atoms with E-state index < -0.39 is 0 Å². The molecule has 0 saturated carbocycles. The third-order valence-corrected chi connectivity index (χ3v) is 3.54. The van der Waals surface area contributed by atoms with Gasteiger partial charge >= 0.3 is 0 Å². The number of nitrogens with one attached hydrogen (secondary N) is 1. The molecule has 0 radical (unpaired) electrons. The average Bonchev–Trinajstić information content (AvgIpc) is 2.54. The van der Waals surface area contributed by atoms with E-state index in [0.717, 1.165) is 23.4 Å². The van der Waals surface area contributed by atoms with Crippen molar-refractivity contribution in [1.29, 1.82) is 0 Å². The van der Waals surface area contributed by atoms with Crippen LogP contribution in [-0.2, 0) is 24.3 Å². The minimum Gasteiger partial charge on any atom is -0.497 e. The molecule has 0 atom stereocenters. The molecule has 0 saturated heterocycles. The van der Waals surface area contributed by atoms with E-state index in [1.165, 1.54) is 5.56 Å². The lowest BCUT2D eigenvalue weighted by Gasteiger charge is -2.10. The number of amides is 1. The van der Waals surface area contributed by atoms with Crippen LogP contribution in [0.4, 0.5) is 0 Å². The quantitative estimate of drug-likeness (QED) is 0.854. The lowest BCUT2D eigenvalue weighted by Crippen LogP contribution is -2.24. The summed E-state index contributed by atoms with van der Waals surface area (Å²) in [4.78, 5) is 14.1. The minimum atomic E-state index is 0.0209. The highest BCUT2D eigenvalue weighted by Gasteiger charge is 2.04. The van der Waals surface area contributed by atoms with Gasteiger partial charge in [-0.1, -0.05) is 36.4 Å². The third-order valence-electron chi connectivity index (χ3n) is 3.54. The average molecular weight is 312 g/mol. The molecule has 0 aliphatic carbocycles. The van der Waals surface area contributed by atoms with Crippen LogP contribution in [0.5, 0.6) is 5.75 Å². The molecule has 0 aliphatic heterocycles.